The fourth-order valence-electron chi connectivity index (χ4n) is 2.85. The van der Waals surface area contributed by atoms with Crippen LogP contribution in [0.1, 0.15) is 31.2 Å². The molecule has 124 valence electrons. The maximum Gasteiger partial charge on any atom is 0.228 e. The Balaban J connectivity index is 1.98. The first-order chi connectivity index (χ1) is 10.3. The average molecular weight is 329 g/mol. The van der Waals surface area contributed by atoms with Crippen LogP contribution in [0.4, 0.5) is 0 Å². The van der Waals surface area contributed by atoms with Crippen LogP contribution in [0, 0.1) is 12.8 Å². The highest BCUT2D eigenvalue weighted by Crippen LogP contribution is 2.23. The third kappa shape index (κ3) is 4.30. The molecule has 1 N–H and O–H groups in total. The number of carbonyl (C=O) groups excluding carboxylic acids is 1. The Morgan fingerprint density at radius 2 is 2.23 bits per heavy atom. The third-order valence-electron chi connectivity index (χ3n) is 3.89. The number of sulfonamides is 1. The van der Waals surface area contributed by atoms with Gasteiger partial charge in [-0.1, -0.05) is 18.5 Å². The zero-order valence-electron chi connectivity index (χ0n) is 13.2. The minimum atomic E-state index is -3.22. The number of hydrogen-bond acceptors (Lipinski definition) is 5. The molecule has 2 rings (SSSR count). The van der Waals surface area contributed by atoms with E-state index in [1.165, 1.54) is 10.6 Å². The van der Waals surface area contributed by atoms with Gasteiger partial charge in [-0.2, -0.15) is 4.31 Å². The first kappa shape index (κ1) is 17.0. The van der Waals surface area contributed by atoms with Crippen LogP contribution in [0.25, 0.3) is 0 Å². The van der Waals surface area contributed by atoms with Crippen molar-refractivity contribution in [2.24, 2.45) is 5.92 Å². The summed E-state index contributed by atoms with van der Waals surface area (Å²) in [6.45, 7) is 4.66. The summed E-state index contributed by atoms with van der Waals surface area (Å²) in [5.41, 5.74) is 0.732. The molecule has 0 radical (unpaired) electrons. The number of nitrogens with one attached hydrogen (secondary N) is 1. The van der Waals surface area contributed by atoms with Crippen LogP contribution >= 0.6 is 0 Å². The lowest BCUT2D eigenvalue weighted by Crippen LogP contribution is -2.41. The molecule has 0 aromatic carbocycles. The molecule has 1 aliphatic heterocycles. The highest BCUT2D eigenvalue weighted by atomic mass is 32.2. The molecule has 8 heteroatoms. The molecule has 0 spiro atoms. The topological polar surface area (TPSA) is 92.5 Å². The van der Waals surface area contributed by atoms with Crippen molar-refractivity contribution in [2.75, 3.05) is 19.3 Å². The van der Waals surface area contributed by atoms with Gasteiger partial charge in [-0.25, -0.2) is 8.42 Å². The lowest BCUT2D eigenvalue weighted by molar-refractivity contribution is -0.121. The monoisotopic (exact) mass is 329 g/mol. The number of amides is 1. The van der Waals surface area contributed by atoms with Gasteiger partial charge in [-0.15, -0.1) is 0 Å². The maximum absolute atomic E-state index is 12.1. The van der Waals surface area contributed by atoms with Crippen LogP contribution in [-0.2, 0) is 21.2 Å². The maximum atomic E-state index is 12.1. The summed E-state index contributed by atoms with van der Waals surface area (Å²) < 4.78 is 29.9. The second-order valence-electron chi connectivity index (χ2n) is 5.91. The van der Waals surface area contributed by atoms with Gasteiger partial charge < -0.3 is 9.84 Å². The van der Waals surface area contributed by atoms with E-state index in [4.69, 9.17) is 4.52 Å². The van der Waals surface area contributed by atoms with Gasteiger partial charge >= 0.3 is 0 Å². The van der Waals surface area contributed by atoms with Gasteiger partial charge in [0.2, 0.25) is 15.9 Å². The van der Waals surface area contributed by atoms with Gasteiger partial charge in [0.05, 0.1) is 18.4 Å². The molecule has 2 heterocycles. The predicted octanol–water partition coefficient (Wildman–Crippen LogP) is 0.702. The first-order valence-electron chi connectivity index (χ1n) is 7.46. The smallest absolute Gasteiger partial charge is 0.228 e. The molecular weight excluding hydrogens is 306 g/mol. The molecule has 0 bridgehead atoms. The summed E-state index contributed by atoms with van der Waals surface area (Å²) in [7, 11) is -3.22. The summed E-state index contributed by atoms with van der Waals surface area (Å²) in [5, 5.41) is 6.69. The molecule has 1 aromatic heterocycles. The van der Waals surface area contributed by atoms with Crippen LogP contribution in [0.2, 0.25) is 0 Å². The molecule has 1 aliphatic rings. The van der Waals surface area contributed by atoms with Gasteiger partial charge in [0.1, 0.15) is 5.76 Å². The van der Waals surface area contributed by atoms with Crippen molar-refractivity contribution < 1.29 is 17.7 Å². The van der Waals surface area contributed by atoms with Crippen molar-refractivity contribution in [2.45, 2.75) is 39.2 Å². The normalized spacial score (nSPS) is 22.9. The van der Waals surface area contributed by atoms with E-state index < -0.39 is 10.0 Å². The van der Waals surface area contributed by atoms with E-state index in [-0.39, 0.29) is 24.3 Å². The van der Waals surface area contributed by atoms with Crippen LogP contribution < -0.4 is 5.32 Å². The fourth-order valence-corrected chi connectivity index (χ4v) is 3.74. The number of rotatable bonds is 6. The lowest BCUT2D eigenvalue weighted by atomic mass is 9.98. The summed E-state index contributed by atoms with van der Waals surface area (Å²) >= 11 is 0. The van der Waals surface area contributed by atoms with E-state index >= 15 is 0 Å². The Morgan fingerprint density at radius 1 is 1.50 bits per heavy atom. The molecule has 7 nitrogen and oxygen atoms in total. The van der Waals surface area contributed by atoms with E-state index in [1.54, 1.807) is 13.0 Å². The zero-order valence-corrected chi connectivity index (χ0v) is 14.0. The summed E-state index contributed by atoms with van der Waals surface area (Å²) in [4.78, 5) is 12.1. The molecule has 22 heavy (non-hydrogen) atoms. The molecule has 1 amide bonds. The van der Waals surface area contributed by atoms with Crippen molar-refractivity contribution in [3.8, 4) is 0 Å². The van der Waals surface area contributed by atoms with Crippen molar-refractivity contribution >= 4 is 15.9 Å². The van der Waals surface area contributed by atoms with Crippen molar-refractivity contribution in [3.63, 3.8) is 0 Å². The largest absolute Gasteiger partial charge is 0.361 e. The van der Waals surface area contributed by atoms with Crippen molar-refractivity contribution in [1.82, 2.24) is 14.8 Å². The minimum Gasteiger partial charge on any atom is -0.361 e. The summed E-state index contributed by atoms with van der Waals surface area (Å²) in [6, 6.07) is 1.58. The number of nitrogens with zero attached hydrogens (tertiary/aromatic N) is 2. The van der Waals surface area contributed by atoms with Gasteiger partial charge in [0.25, 0.3) is 0 Å². The van der Waals surface area contributed by atoms with Gasteiger partial charge in [0, 0.05) is 25.2 Å². The third-order valence-corrected chi connectivity index (χ3v) is 5.13. The Bertz CT molecular complexity index is 626. The molecule has 2 atom stereocenters. The number of hydrogen-bond donors (Lipinski definition) is 1. The van der Waals surface area contributed by atoms with E-state index in [9.17, 15) is 13.2 Å². The lowest BCUT2D eigenvalue weighted by Gasteiger charge is -2.18. The first-order valence-corrected chi connectivity index (χ1v) is 9.31. The SMILES string of the molecule is CCC[C@@H]1CN(S(C)(=O)=O)C[C@H]1NC(=O)Cc1cc(C)no1. The number of aryl methyl sites for hydroxylation is 1. The van der Waals surface area contributed by atoms with Crippen molar-refractivity contribution in [3.05, 3.63) is 17.5 Å². The second kappa shape index (κ2) is 6.78. The molecular formula is C14H23N3O4S. The Labute approximate surface area is 131 Å². The Hall–Kier alpha value is -1.41. The van der Waals surface area contributed by atoms with Gasteiger partial charge in [0.15, 0.2) is 0 Å². The summed E-state index contributed by atoms with van der Waals surface area (Å²) in [6.07, 6.45) is 3.17. The number of carbonyl (C=O) groups is 1. The molecule has 1 fully saturated rings. The molecule has 1 saturated heterocycles. The quantitative estimate of drug-likeness (QED) is 0.829. The van der Waals surface area contributed by atoms with E-state index in [2.05, 4.69) is 17.4 Å². The highest BCUT2D eigenvalue weighted by Gasteiger charge is 2.37. The van der Waals surface area contributed by atoms with E-state index in [0.29, 0.717) is 18.8 Å². The average Bonchev–Trinajstić information content (AvgIpc) is 2.97. The molecule has 1 aromatic rings. The van der Waals surface area contributed by atoms with E-state index in [0.717, 1.165) is 18.5 Å². The minimum absolute atomic E-state index is 0.120. The Kier molecular flexibility index (Phi) is 5.23. The van der Waals surface area contributed by atoms with Crippen LogP contribution in [-0.4, -0.2) is 49.2 Å². The predicted molar refractivity (Wildman–Crippen MR) is 81.7 cm³/mol. The zero-order chi connectivity index (χ0) is 16.3. The van der Waals surface area contributed by atoms with Crippen LogP contribution in [0.15, 0.2) is 10.6 Å². The molecule has 0 saturated carbocycles. The van der Waals surface area contributed by atoms with Crippen LogP contribution in [0.3, 0.4) is 0 Å². The van der Waals surface area contributed by atoms with Crippen molar-refractivity contribution in [1.29, 1.82) is 0 Å². The fraction of sp³-hybridized carbons (Fsp3) is 0.714. The molecule has 0 aliphatic carbocycles. The Morgan fingerprint density at radius 3 is 2.77 bits per heavy atom. The standard InChI is InChI=1S/C14H23N3O4S/c1-4-5-11-8-17(22(3,19)20)9-13(11)15-14(18)7-12-6-10(2)16-21-12/h6,11,13H,4-5,7-9H2,1-3H3,(H,15,18)/t11-,13-/m1/s1. The van der Waals surface area contributed by atoms with Gasteiger partial charge in [-0.05, 0) is 19.3 Å². The van der Waals surface area contributed by atoms with Crippen LogP contribution in [0.5, 0.6) is 0 Å². The number of aromatic nitrogens is 1. The van der Waals surface area contributed by atoms with Gasteiger partial charge in [-0.3, -0.25) is 4.79 Å². The van der Waals surface area contributed by atoms with E-state index in [1.807, 2.05) is 0 Å². The summed E-state index contributed by atoms with van der Waals surface area (Å²) in [5.74, 6) is 0.498. The molecule has 0 unspecified atom stereocenters. The second-order valence-corrected chi connectivity index (χ2v) is 7.90. The highest BCUT2D eigenvalue weighted by molar-refractivity contribution is 7.88.